The molecule has 0 saturated heterocycles. The van der Waals surface area contributed by atoms with Gasteiger partial charge < -0.3 is 10.2 Å². The van der Waals surface area contributed by atoms with Crippen molar-refractivity contribution in [1.29, 1.82) is 0 Å². The van der Waals surface area contributed by atoms with Gasteiger partial charge in [0.05, 0.1) is 11.0 Å². The molecule has 13 heavy (non-hydrogen) atoms. The maximum Gasteiger partial charge on any atom is 0.312 e. The molecule has 0 heterocycles. The molecule has 0 amide bonds. The molecule has 1 aliphatic rings. The summed E-state index contributed by atoms with van der Waals surface area (Å²) in [5, 5.41) is 19.1. The van der Waals surface area contributed by atoms with Gasteiger partial charge in [0.1, 0.15) is 0 Å². The van der Waals surface area contributed by atoms with Gasteiger partial charge in [-0.1, -0.05) is 18.9 Å². The van der Waals surface area contributed by atoms with Gasteiger partial charge in [-0.3, -0.25) is 4.79 Å². The van der Waals surface area contributed by atoms with Crippen molar-refractivity contribution in [2.24, 2.45) is 5.41 Å². The molecule has 1 unspecified atom stereocenters. The topological polar surface area (TPSA) is 57.5 Å². The molecule has 0 aromatic heterocycles. The van der Waals surface area contributed by atoms with E-state index in [1.807, 2.05) is 0 Å². The zero-order chi connectivity index (χ0) is 10.1. The Morgan fingerprint density at radius 1 is 1.54 bits per heavy atom. The van der Waals surface area contributed by atoms with Gasteiger partial charge in [0.25, 0.3) is 0 Å². The normalized spacial score (nSPS) is 25.1. The second-order valence-electron chi connectivity index (χ2n) is 3.95. The smallest absolute Gasteiger partial charge is 0.312 e. The molecular formula is C10H16O3. The lowest BCUT2D eigenvalue weighted by Crippen LogP contribution is -2.48. The van der Waals surface area contributed by atoms with Gasteiger partial charge in [0.15, 0.2) is 0 Å². The number of aliphatic carboxylic acids is 1. The van der Waals surface area contributed by atoms with Crippen molar-refractivity contribution in [2.75, 3.05) is 0 Å². The van der Waals surface area contributed by atoms with Crippen LogP contribution in [0.5, 0.6) is 0 Å². The first kappa shape index (κ1) is 10.3. The summed E-state index contributed by atoms with van der Waals surface area (Å²) >= 11 is 0. The quantitative estimate of drug-likeness (QED) is 0.654. The van der Waals surface area contributed by atoms with E-state index < -0.39 is 17.0 Å². The van der Waals surface area contributed by atoms with E-state index >= 15 is 0 Å². The molecule has 74 valence electrons. The fraction of sp³-hybridized carbons (Fsp3) is 0.700. The Morgan fingerprint density at radius 2 is 2.00 bits per heavy atom. The zero-order valence-corrected chi connectivity index (χ0v) is 7.92. The Kier molecular flexibility index (Phi) is 2.48. The van der Waals surface area contributed by atoms with Gasteiger partial charge in [-0.05, 0) is 19.8 Å². The van der Waals surface area contributed by atoms with Crippen LogP contribution in [0.25, 0.3) is 0 Å². The standard InChI is InChI=1S/C10H16O3/c1-3-9(2,13)10(8(11)12)6-4-5-7-10/h3,13H,1,4-7H2,2H3,(H,11,12). The highest BCUT2D eigenvalue weighted by atomic mass is 16.4. The fourth-order valence-corrected chi connectivity index (χ4v) is 2.11. The Hall–Kier alpha value is -0.830. The van der Waals surface area contributed by atoms with Crippen molar-refractivity contribution in [3.05, 3.63) is 12.7 Å². The van der Waals surface area contributed by atoms with Crippen LogP contribution in [-0.2, 0) is 4.79 Å². The van der Waals surface area contributed by atoms with E-state index in [-0.39, 0.29) is 0 Å². The van der Waals surface area contributed by atoms with Crippen LogP contribution in [0.4, 0.5) is 0 Å². The van der Waals surface area contributed by atoms with E-state index in [4.69, 9.17) is 5.11 Å². The average molecular weight is 184 g/mol. The largest absolute Gasteiger partial charge is 0.481 e. The summed E-state index contributed by atoms with van der Waals surface area (Å²) in [6, 6.07) is 0. The minimum absolute atomic E-state index is 0.543. The maximum atomic E-state index is 11.1. The monoisotopic (exact) mass is 184 g/mol. The van der Waals surface area contributed by atoms with Gasteiger partial charge in [-0.15, -0.1) is 6.58 Å². The highest BCUT2D eigenvalue weighted by Gasteiger charge is 2.53. The van der Waals surface area contributed by atoms with Crippen LogP contribution in [0, 0.1) is 5.41 Å². The van der Waals surface area contributed by atoms with Crippen molar-refractivity contribution in [3.63, 3.8) is 0 Å². The third-order valence-corrected chi connectivity index (χ3v) is 3.23. The average Bonchev–Trinajstić information content (AvgIpc) is 2.53. The van der Waals surface area contributed by atoms with Crippen LogP contribution >= 0.6 is 0 Å². The second-order valence-corrected chi connectivity index (χ2v) is 3.95. The molecule has 2 N–H and O–H groups in total. The zero-order valence-electron chi connectivity index (χ0n) is 7.92. The molecule has 0 bridgehead atoms. The van der Waals surface area contributed by atoms with Gasteiger partial charge in [-0.2, -0.15) is 0 Å². The van der Waals surface area contributed by atoms with Crippen molar-refractivity contribution < 1.29 is 15.0 Å². The summed E-state index contributed by atoms with van der Waals surface area (Å²) in [7, 11) is 0. The first-order valence-corrected chi connectivity index (χ1v) is 4.56. The summed E-state index contributed by atoms with van der Waals surface area (Å²) in [5.41, 5.74) is -2.30. The first-order valence-electron chi connectivity index (χ1n) is 4.56. The van der Waals surface area contributed by atoms with Crippen molar-refractivity contribution >= 4 is 5.97 Å². The Balaban J connectivity index is 3.04. The molecule has 0 aliphatic heterocycles. The van der Waals surface area contributed by atoms with E-state index in [1.165, 1.54) is 13.0 Å². The summed E-state index contributed by atoms with van der Waals surface area (Å²) in [6.07, 6.45) is 4.17. The molecule has 0 aromatic rings. The molecule has 1 saturated carbocycles. The summed E-state index contributed by atoms with van der Waals surface area (Å²) in [6.45, 7) is 5.02. The van der Waals surface area contributed by atoms with Crippen LogP contribution < -0.4 is 0 Å². The lowest BCUT2D eigenvalue weighted by atomic mass is 9.71. The predicted octanol–water partition coefficient (Wildman–Crippen LogP) is 1.57. The van der Waals surface area contributed by atoms with E-state index in [0.717, 1.165) is 12.8 Å². The SMILES string of the molecule is C=CC(C)(O)C1(C(=O)O)CCCC1. The number of aliphatic hydroxyl groups is 1. The lowest BCUT2D eigenvalue weighted by Gasteiger charge is -2.36. The third-order valence-electron chi connectivity index (χ3n) is 3.23. The van der Waals surface area contributed by atoms with Crippen LogP contribution in [0.1, 0.15) is 32.6 Å². The second kappa shape index (κ2) is 3.14. The van der Waals surface area contributed by atoms with Crippen molar-refractivity contribution in [3.8, 4) is 0 Å². The molecule has 0 aromatic carbocycles. The predicted molar refractivity (Wildman–Crippen MR) is 49.4 cm³/mol. The first-order chi connectivity index (χ1) is 5.96. The molecule has 0 spiro atoms. The van der Waals surface area contributed by atoms with Crippen molar-refractivity contribution in [1.82, 2.24) is 0 Å². The molecule has 3 heteroatoms. The van der Waals surface area contributed by atoms with Crippen molar-refractivity contribution in [2.45, 2.75) is 38.2 Å². The molecule has 3 nitrogen and oxygen atoms in total. The number of carbonyl (C=O) groups is 1. The van der Waals surface area contributed by atoms with E-state index in [9.17, 15) is 9.90 Å². The minimum Gasteiger partial charge on any atom is -0.481 e. The Morgan fingerprint density at radius 3 is 2.31 bits per heavy atom. The van der Waals surface area contributed by atoms with E-state index in [1.54, 1.807) is 0 Å². The number of rotatable bonds is 3. The van der Waals surface area contributed by atoms with Gasteiger partial charge in [-0.25, -0.2) is 0 Å². The highest BCUT2D eigenvalue weighted by Crippen LogP contribution is 2.47. The number of carboxylic acids is 1. The Bertz CT molecular complexity index is 224. The lowest BCUT2D eigenvalue weighted by molar-refractivity contribution is -0.161. The van der Waals surface area contributed by atoms with Crippen LogP contribution in [0.3, 0.4) is 0 Å². The third kappa shape index (κ3) is 1.37. The van der Waals surface area contributed by atoms with Gasteiger partial charge in [0.2, 0.25) is 0 Å². The van der Waals surface area contributed by atoms with Crippen LogP contribution in [0.15, 0.2) is 12.7 Å². The molecule has 1 fully saturated rings. The van der Waals surface area contributed by atoms with Crippen LogP contribution in [-0.4, -0.2) is 21.8 Å². The number of hydrogen-bond acceptors (Lipinski definition) is 2. The molecule has 1 aliphatic carbocycles. The Labute approximate surface area is 78.1 Å². The molecular weight excluding hydrogens is 168 g/mol. The summed E-state index contributed by atoms with van der Waals surface area (Å²) < 4.78 is 0. The molecule has 1 atom stereocenters. The maximum absolute atomic E-state index is 11.1. The number of carboxylic acid groups (broad SMARTS) is 1. The van der Waals surface area contributed by atoms with E-state index in [0.29, 0.717) is 12.8 Å². The van der Waals surface area contributed by atoms with E-state index in [2.05, 4.69) is 6.58 Å². The van der Waals surface area contributed by atoms with Gasteiger partial charge in [0, 0.05) is 0 Å². The summed E-state index contributed by atoms with van der Waals surface area (Å²) in [4.78, 5) is 11.1. The minimum atomic E-state index is -1.30. The van der Waals surface area contributed by atoms with Gasteiger partial charge >= 0.3 is 5.97 Å². The number of hydrogen-bond donors (Lipinski definition) is 2. The fourth-order valence-electron chi connectivity index (χ4n) is 2.11. The molecule has 0 radical (unpaired) electrons. The van der Waals surface area contributed by atoms with Crippen LogP contribution in [0.2, 0.25) is 0 Å². The molecule has 1 rings (SSSR count). The summed E-state index contributed by atoms with van der Waals surface area (Å²) in [5.74, 6) is -0.908. The highest BCUT2D eigenvalue weighted by molar-refractivity contribution is 5.77.